The number of nitrogens with one attached hydrogen (secondary N) is 2. The van der Waals surface area contributed by atoms with Crippen molar-refractivity contribution in [1.82, 2.24) is 19.9 Å². The molecule has 0 aliphatic rings. The third-order valence-corrected chi connectivity index (χ3v) is 4.55. The fraction of sp³-hybridized carbons (Fsp3) is 0. The van der Waals surface area contributed by atoms with Crippen LogP contribution in [0.5, 0.6) is 0 Å². The first kappa shape index (κ1) is 16.1. The lowest BCUT2D eigenvalue weighted by Crippen LogP contribution is -1.84. The number of aliphatic carboxylic acids is 1. The van der Waals surface area contributed by atoms with Crippen molar-refractivity contribution in [3.8, 4) is 22.5 Å². The van der Waals surface area contributed by atoms with Gasteiger partial charge < -0.3 is 19.5 Å². The summed E-state index contributed by atoms with van der Waals surface area (Å²) in [4.78, 5) is 25.6. The maximum Gasteiger partial charge on any atom is 0.328 e. The second kappa shape index (κ2) is 6.24. The monoisotopic (exact) mass is 370 g/mol. The zero-order valence-electron chi connectivity index (χ0n) is 14.5. The van der Waals surface area contributed by atoms with E-state index in [-0.39, 0.29) is 0 Å². The summed E-state index contributed by atoms with van der Waals surface area (Å²) >= 11 is 0. The molecule has 2 aromatic carbocycles. The summed E-state index contributed by atoms with van der Waals surface area (Å²) in [5.74, 6) is 0.0829. The molecule has 0 atom stereocenters. The van der Waals surface area contributed by atoms with Gasteiger partial charge >= 0.3 is 5.97 Å². The first-order valence-electron chi connectivity index (χ1n) is 8.59. The fourth-order valence-electron chi connectivity index (χ4n) is 3.25. The number of aromatic amines is 2. The number of aromatic nitrogens is 4. The van der Waals surface area contributed by atoms with Crippen molar-refractivity contribution in [3.63, 3.8) is 0 Å². The molecule has 0 spiro atoms. The van der Waals surface area contributed by atoms with Crippen LogP contribution in [0.25, 0.3) is 50.6 Å². The van der Waals surface area contributed by atoms with Crippen LogP contribution in [0.3, 0.4) is 0 Å². The predicted octanol–water partition coefficient (Wildman–Crippen LogP) is 4.46. The summed E-state index contributed by atoms with van der Waals surface area (Å²) in [5.41, 5.74) is 6.21. The maximum absolute atomic E-state index is 10.9. The Kier molecular flexibility index (Phi) is 3.58. The molecule has 3 heterocycles. The number of H-pyrrole nitrogens is 2. The molecule has 3 N–H and O–H groups in total. The third kappa shape index (κ3) is 2.75. The molecule has 0 saturated heterocycles. The first-order chi connectivity index (χ1) is 13.7. The van der Waals surface area contributed by atoms with Crippen LogP contribution in [0.1, 0.15) is 5.76 Å². The number of nitrogens with zero attached hydrogens (tertiary/aromatic N) is 2. The summed E-state index contributed by atoms with van der Waals surface area (Å²) in [6, 6.07) is 13.5. The Morgan fingerprint density at radius 3 is 2.25 bits per heavy atom. The highest BCUT2D eigenvalue weighted by atomic mass is 16.4. The molecule has 0 saturated carbocycles. The van der Waals surface area contributed by atoms with Gasteiger partial charge in [0.25, 0.3) is 0 Å². The number of rotatable bonds is 4. The SMILES string of the molecule is O=C(O)/C=C/c1cc(-c2ccc3nc[nH]c3c2)c(-c2ccc3nc[nH]c3c2)o1. The van der Waals surface area contributed by atoms with E-state index in [1.54, 1.807) is 12.7 Å². The van der Waals surface area contributed by atoms with E-state index in [1.807, 2.05) is 42.5 Å². The van der Waals surface area contributed by atoms with Gasteiger partial charge in [0.1, 0.15) is 11.5 Å². The molecule has 0 aliphatic heterocycles. The van der Waals surface area contributed by atoms with E-state index in [0.717, 1.165) is 44.8 Å². The van der Waals surface area contributed by atoms with Gasteiger partial charge in [-0.1, -0.05) is 6.07 Å². The number of carboxylic acid groups (broad SMARTS) is 1. The van der Waals surface area contributed by atoms with Crippen molar-refractivity contribution in [1.29, 1.82) is 0 Å². The van der Waals surface area contributed by atoms with Crippen LogP contribution < -0.4 is 0 Å². The molecule has 0 amide bonds. The molecule has 0 fully saturated rings. The third-order valence-electron chi connectivity index (χ3n) is 4.55. The van der Waals surface area contributed by atoms with Crippen LogP contribution in [-0.2, 0) is 4.79 Å². The van der Waals surface area contributed by atoms with Crippen LogP contribution in [0.15, 0.2) is 65.6 Å². The van der Waals surface area contributed by atoms with Crippen molar-refractivity contribution < 1.29 is 14.3 Å². The molecule has 7 nitrogen and oxygen atoms in total. The maximum atomic E-state index is 10.9. The molecule has 0 unspecified atom stereocenters. The Labute approximate surface area is 158 Å². The van der Waals surface area contributed by atoms with E-state index in [1.165, 1.54) is 6.08 Å². The number of fused-ring (bicyclic) bond motifs is 2. The lowest BCUT2D eigenvalue weighted by molar-refractivity contribution is -0.131. The number of carbonyl (C=O) groups is 1. The number of hydrogen-bond acceptors (Lipinski definition) is 4. The molecule has 7 heteroatoms. The van der Waals surface area contributed by atoms with Crippen molar-refractivity contribution >= 4 is 34.1 Å². The second-order valence-electron chi connectivity index (χ2n) is 6.33. The number of hydrogen-bond donors (Lipinski definition) is 3. The second-order valence-corrected chi connectivity index (χ2v) is 6.33. The Hall–Kier alpha value is -4.13. The van der Waals surface area contributed by atoms with Gasteiger partial charge in [-0.15, -0.1) is 0 Å². The van der Waals surface area contributed by atoms with Crippen LogP contribution >= 0.6 is 0 Å². The topological polar surface area (TPSA) is 108 Å². The Morgan fingerprint density at radius 2 is 1.57 bits per heavy atom. The van der Waals surface area contributed by atoms with Gasteiger partial charge in [0, 0.05) is 17.2 Å². The molecule has 0 bridgehead atoms. The summed E-state index contributed by atoms with van der Waals surface area (Å²) in [6.45, 7) is 0. The summed E-state index contributed by atoms with van der Waals surface area (Å²) < 4.78 is 6.01. The van der Waals surface area contributed by atoms with Gasteiger partial charge in [0.2, 0.25) is 0 Å². The van der Waals surface area contributed by atoms with E-state index in [9.17, 15) is 4.79 Å². The zero-order valence-corrected chi connectivity index (χ0v) is 14.5. The van der Waals surface area contributed by atoms with E-state index >= 15 is 0 Å². The molecule has 3 aromatic heterocycles. The summed E-state index contributed by atoms with van der Waals surface area (Å²) in [7, 11) is 0. The van der Waals surface area contributed by atoms with E-state index in [4.69, 9.17) is 9.52 Å². The molecule has 28 heavy (non-hydrogen) atoms. The van der Waals surface area contributed by atoms with Crippen molar-refractivity contribution in [3.05, 3.63) is 67.0 Å². The quantitative estimate of drug-likeness (QED) is 0.405. The van der Waals surface area contributed by atoms with E-state index < -0.39 is 5.97 Å². The molecule has 5 rings (SSSR count). The molecular weight excluding hydrogens is 356 g/mol. The largest absolute Gasteiger partial charge is 0.478 e. The average molecular weight is 370 g/mol. The molecule has 0 radical (unpaired) electrons. The standard InChI is InChI=1S/C21H14N4O3/c26-20(27)6-3-14-9-15(12-1-4-16-18(7-12)24-10-22-16)21(28-14)13-2-5-17-19(8-13)25-11-23-17/h1-11H,(H,22,24)(H,23,25)(H,26,27)/b6-3+. The van der Waals surface area contributed by atoms with Crippen LogP contribution in [0.2, 0.25) is 0 Å². The van der Waals surface area contributed by atoms with Crippen molar-refractivity contribution in [2.75, 3.05) is 0 Å². The highest BCUT2D eigenvalue weighted by molar-refractivity contribution is 5.91. The molecule has 5 aromatic rings. The van der Waals surface area contributed by atoms with Crippen LogP contribution in [0, 0.1) is 0 Å². The first-order valence-corrected chi connectivity index (χ1v) is 8.59. The molecule has 0 aliphatic carbocycles. The minimum Gasteiger partial charge on any atom is -0.478 e. The summed E-state index contributed by atoms with van der Waals surface area (Å²) in [5, 5.41) is 8.92. The molecule has 136 valence electrons. The number of carboxylic acids is 1. The number of imidazole rings is 2. The van der Waals surface area contributed by atoms with Gasteiger partial charge in [-0.05, 0) is 48.0 Å². The summed E-state index contributed by atoms with van der Waals surface area (Å²) in [6.07, 6.45) is 5.80. The minimum atomic E-state index is -1.03. The Bertz CT molecular complexity index is 1270. The van der Waals surface area contributed by atoms with Crippen LogP contribution in [-0.4, -0.2) is 31.0 Å². The van der Waals surface area contributed by atoms with Gasteiger partial charge in [-0.2, -0.15) is 0 Å². The van der Waals surface area contributed by atoms with E-state index in [0.29, 0.717) is 11.5 Å². The Morgan fingerprint density at radius 1 is 0.929 bits per heavy atom. The minimum absolute atomic E-state index is 0.460. The lowest BCUT2D eigenvalue weighted by Gasteiger charge is -2.04. The highest BCUT2D eigenvalue weighted by Crippen LogP contribution is 2.37. The average Bonchev–Trinajstić information content (AvgIpc) is 3.43. The lowest BCUT2D eigenvalue weighted by atomic mass is 10.0. The number of benzene rings is 2. The normalized spacial score (nSPS) is 11.7. The van der Waals surface area contributed by atoms with Gasteiger partial charge in [-0.3, -0.25) is 0 Å². The molecular formula is C21H14N4O3. The Balaban J connectivity index is 1.70. The number of furan rings is 1. The fourth-order valence-corrected chi connectivity index (χ4v) is 3.25. The van der Waals surface area contributed by atoms with Crippen molar-refractivity contribution in [2.45, 2.75) is 0 Å². The van der Waals surface area contributed by atoms with Gasteiger partial charge in [-0.25, -0.2) is 14.8 Å². The van der Waals surface area contributed by atoms with Gasteiger partial charge in [0.15, 0.2) is 0 Å². The zero-order chi connectivity index (χ0) is 19.1. The van der Waals surface area contributed by atoms with Crippen molar-refractivity contribution in [2.24, 2.45) is 0 Å². The predicted molar refractivity (Wildman–Crippen MR) is 106 cm³/mol. The smallest absolute Gasteiger partial charge is 0.328 e. The van der Waals surface area contributed by atoms with E-state index in [2.05, 4.69) is 19.9 Å². The van der Waals surface area contributed by atoms with Gasteiger partial charge in [0.05, 0.1) is 34.7 Å². The highest BCUT2D eigenvalue weighted by Gasteiger charge is 2.16. The van der Waals surface area contributed by atoms with Crippen LogP contribution in [0.4, 0.5) is 0 Å².